The molecule has 2 aromatic carbocycles. The molecule has 4 rings (SSSR count). The first-order valence-corrected chi connectivity index (χ1v) is 10.3. The Morgan fingerprint density at radius 3 is 2.75 bits per heavy atom. The second kappa shape index (κ2) is 8.78. The molecule has 0 bridgehead atoms. The maximum absolute atomic E-state index is 12.9. The highest BCUT2D eigenvalue weighted by molar-refractivity contribution is 6.01. The van der Waals surface area contributed by atoms with E-state index in [4.69, 9.17) is 14.2 Å². The zero-order chi connectivity index (χ0) is 22.8. The lowest BCUT2D eigenvalue weighted by Crippen LogP contribution is -2.34. The summed E-state index contributed by atoms with van der Waals surface area (Å²) in [6, 6.07) is 10.3. The number of anilines is 2. The van der Waals surface area contributed by atoms with E-state index in [-0.39, 0.29) is 43.3 Å². The van der Waals surface area contributed by atoms with E-state index in [0.29, 0.717) is 28.6 Å². The Labute approximate surface area is 185 Å². The summed E-state index contributed by atoms with van der Waals surface area (Å²) in [7, 11) is 3.08. The zero-order valence-electron chi connectivity index (χ0n) is 18.1. The highest BCUT2D eigenvalue weighted by Gasteiger charge is 2.37. The number of rotatable bonds is 6. The first kappa shape index (κ1) is 21.5. The van der Waals surface area contributed by atoms with Gasteiger partial charge < -0.3 is 29.7 Å². The van der Waals surface area contributed by atoms with Gasteiger partial charge in [-0.3, -0.25) is 14.4 Å². The van der Waals surface area contributed by atoms with Crippen LogP contribution in [0.5, 0.6) is 17.2 Å². The Kier molecular flexibility index (Phi) is 5.89. The SMILES string of the molecule is COc1ccc(N2CC(C(=O)NC(C)c3ccc4c(c3)NC(=O)CO4)CC2=O)c(OC)c1. The van der Waals surface area contributed by atoms with E-state index in [0.717, 1.165) is 5.56 Å². The highest BCUT2D eigenvalue weighted by Crippen LogP contribution is 2.36. The van der Waals surface area contributed by atoms with Crippen molar-refractivity contribution in [1.29, 1.82) is 0 Å². The first-order chi connectivity index (χ1) is 15.4. The van der Waals surface area contributed by atoms with Gasteiger partial charge in [-0.05, 0) is 36.8 Å². The van der Waals surface area contributed by atoms with Gasteiger partial charge in [-0.1, -0.05) is 6.07 Å². The topological polar surface area (TPSA) is 106 Å². The lowest BCUT2D eigenvalue weighted by molar-refractivity contribution is -0.126. The van der Waals surface area contributed by atoms with Crippen molar-refractivity contribution in [3.05, 3.63) is 42.0 Å². The van der Waals surface area contributed by atoms with E-state index in [1.165, 1.54) is 7.11 Å². The number of ether oxygens (including phenoxy) is 3. The van der Waals surface area contributed by atoms with Crippen LogP contribution in [0.1, 0.15) is 24.9 Å². The van der Waals surface area contributed by atoms with Gasteiger partial charge in [-0.25, -0.2) is 0 Å². The number of methoxy groups -OCH3 is 2. The van der Waals surface area contributed by atoms with Crippen LogP contribution >= 0.6 is 0 Å². The molecule has 1 saturated heterocycles. The molecule has 1 fully saturated rings. The molecule has 168 valence electrons. The number of carbonyl (C=O) groups excluding carboxylic acids is 3. The quantitative estimate of drug-likeness (QED) is 0.715. The monoisotopic (exact) mass is 439 g/mol. The smallest absolute Gasteiger partial charge is 0.262 e. The molecule has 0 radical (unpaired) electrons. The number of nitrogens with one attached hydrogen (secondary N) is 2. The molecule has 0 spiro atoms. The normalized spacial score (nSPS) is 18.3. The van der Waals surface area contributed by atoms with Crippen LogP contribution in [0.15, 0.2) is 36.4 Å². The minimum Gasteiger partial charge on any atom is -0.497 e. The molecule has 2 unspecified atom stereocenters. The average molecular weight is 439 g/mol. The summed E-state index contributed by atoms with van der Waals surface area (Å²) in [5, 5.41) is 5.74. The maximum Gasteiger partial charge on any atom is 0.262 e. The molecule has 32 heavy (non-hydrogen) atoms. The fourth-order valence-electron chi connectivity index (χ4n) is 3.91. The van der Waals surface area contributed by atoms with Crippen LogP contribution in [-0.4, -0.2) is 45.1 Å². The second-order valence-corrected chi connectivity index (χ2v) is 7.77. The molecular formula is C23H25N3O6. The number of hydrogen-bond acceptors (Lipinski definition) is 6. The molecule has 2 aliphatic heterocycles. The Morgan fingerprint density at radius 1 is 1.19 bits per heavy atom. The summed E-state index contributed by atoms with van der Waals surface area (Å²) in [4.78, 5) is 38.7. The average Bonchev–Trinajstić information content (AvgIpc) is 3.19. The van der Waals surface area contributed by atoms with E-state index >= 15 is 0 Å². The third-order valence-electron chi connectivity index (χ3n) is 5.67. The van der Waals surface area contributed by atoms with Crippen LogP contribution in [0.3, 0.4) is 0 Å². The van der Waals surface area contributed by atoms with Crippen LogP contribution in [0.25, 0.3) is 0 Å². The van der Waals surface area contributed by atoms with Gasteiger partial charge in [-0.2, -0.15) is 0 Å². The maximum atomic E-state index is 12.9. The molecule has 2 atom stereocenters. The largest absolute Gasteiger partial charge is 0.497 e. The Bertz CT molecular complexity index is 1070. The van der Waals surface area contributed by atoms with Gasteiger partial charge in [0, 0.05) is 19.0 Å². The third-order valence-corrected chi connectivity index (χ3v) is 5.67. The minimum atomic E-state index is -0.488. The van der Waals surface area contributed by atoms with Gasteiger partial charge in [0.15, 0.2) is 6.61 Å². The third kappa shape index (κ3) is 4.18. The van der Waals surface area contributed by atoms with Gasteiger partial charge in [0.1, 0.15) is 17.2 Å². The van der Waals surface area contributed by atoms with Gasteiger partial charge in [0.25, 0.3) is 5.91 Å². The molecule has 0 aliphatic carbocycles. The van der Waals surface area contributed by atoms with E-state index in [2.05, 4.69) is 10.6 Å². The molecule has 0 saturated carbocycles. The molecule has 2 aliphatic rings. The van der Waals surface area contributed by atoms with Crippen LogP contribution in [-0.2, 0) is 14.4 Å². The molecule has 3 amide bonds. The number of amides is 3. The predicted molar refractivity (Wildman–Crippen MR) is 117 cm³/mol. The standard InChI is InChI=1S/C23H25N3O6/c1-13(14-4-7-19-17(8-14)25-21(27)12-32-19)24-23(29)15-9-22(28)26(11-15)18-6-5-16(30-2)10-20(18)31-3/h4-8,10,13,15H,9,11-12H2,1-3H3,(H,24,29)(H,25,27). The fraction of sp³-hybridized carbons (Fsp3) is 0.348. The van der Waals surface area contributed by atoms with Crippen LogP contribution < -0.4 is 29.7 Å². The summed E-state index contributed by atoms with van der Waals surface area (Å²) in [5.74, 6) is 0.658. The van der Waals surface area contributed by atoms with Crippen molar-refractivity contribution in [3.8, 4) is 17.2 Å². The number of nitrogens with zero attached hydrogens (tertiary/aromatic N) is 1. The van der Waals surface area contributed by atoms with Crippen molar-refractivity contribution in [2.24, 2.45) is 5.92 Å². The van der Waals surface area contributed by atoms with Crippen molar-refractivity contribution in [2.75, 3.05) is 37.6 Å². The number of hydrogen-bond donors (Lipinski definition) is 2. The summed E-state index contributed by atoms with van der Waals surface area (Å²) >= 11 is 0. The van der Waals surface area contributed by atoms with Gasteiger partial charge in [0.05, 0.1) is 37.6 Å². The molecule has 9 nitrogen and oxygen atoms in total. The van der Waals surface area contributed by atoms with Crippen molar-refractivity contribution in [3.63, 3.8) is 0 Å². The van der Waals surface area contributed by atoms with Crippen LogP contribution in [0, 0.1) is 5.92 Å². The molecule has 2 heterocycles. The molecule has 0 aromatic heterocycles. The van der Waals surface area contributed by atoms with Crippen molar-refractivity contribution in [2.45, 2.75) is 19.4 Å². The minimum absolute atomic E-state index is 0.0101. The van der Waals surface area contributed by atoms with Gasteiger partial charge in [0.2, 0.25) is 11.8 Å². The summed E-state index contributed by atoms with van der Waals surface area (Å²) < 4.78 is 16.0. The fourth-order valence-corrected chi connectivity index (χ4v) is 3.91. The van der Waals surface area contributed by atoms with Crippen molar-refractivity contribution in [1.82, 2.24) is 5.32 Å². The lowest BCUT2D eigenvalue weighted by atomic mass is 10.0. The van der Waals surface area contributed by atoms with Crippen molar-refractivity contribution >= 4 is 29.1 Å². The first-order valence-electron chi connectivity index (χ1n) is 10.3. The second-order valence-electron chi connectivity index (χ2n) is 7.77. The molecule has 9 heteroatoms. The summed E-state index contributed by atoms with van der Waals surface area (Å²) in [5.41, 5.74) is 2.00. The summed E-state index contributed by atoms with van der Waals surface area (Å²) in [6.07, 6.45) is 0.113. The lowest BCUT2D eigenvalue weighted by Gasteiger charge is -2.22. The van der Waals surface area contributed by atoms with E-state index in [1.807, 2.05) is 13.0 Å². The number of benzene rings is 2. The zero-order valence-corrected chi connectivity index (χ0v) is 18.1. The van der Waals surface area contributed by atoms with E-state index < -0.39 is 5.92 Å². The van der Waals surface area contributed by atoms with E-state index in [1.54, 1.807) is 42.3 Å². The molecule has 2 aromatic rings. The Morgan fingerprint density at radius 2 is 2.00 bits per heavy atom. The van der Waals surface area contributed by atoms with E-state index in [9.17, 15) is 14.4 Å². The molecular weight excluding hydrogens is 414 g/mol. The van der Waals surface area contributed by atoms with Crippen LogP contribution in [0.4, 0.5) is 11.4 Å². The Hall–Kier alpha value is -3.75. The highest BCUT2D eigenvalue weighted by atomic mass is 16.5. The van der Waals surface area contributed by atoms with Gasteiger partial charge >= 0.3 is 0 Å². The Balaban J connectivity index is 1.44. The number of fused-ring (bicyclic) bond motifs is 1. The van der Waals surface area contributed by atoms with Gasteiger partial charge in [-0.15, -0.1) is 0 Å². The van der Waals surface area contributed by atoms with Crippen LogP contribution in [0.2, 0.25) is 0 Å². The summed E-state index contributed by atoms with van der Waals surface area (Å²) in [6.45, 7) is 2.10. The molecule has 2 N–H and O–H groups in total. The van der Waals surface area contributed by atoms with Crippen molar-refractivity contribution < 1.29 is 28.6 Å². The predicted octanol–water partition coefficient (Wildman–Crippen LogP) is 2.27. The number of carbonyl (C=O) groups is 3.